The van der Waals surface area contributed by atoms with Crippen molar-refractivity contribution >= 4 is 5.91 Å². The zero-order chi connectivity index (χ0) is 12.0. The van der Waals surface area contributed by atoms with E-state index in [0.717, 1.165) is 26.1 Å². The minimum absolute atomic E-state index is 0.0313. The van der Waals surface area contributed by atoms with Crippen LogP contribution < -0.4 is 10.8 Å². The fourth-order valence-corrected chi connectivity index (χ4v) is 1.44. The van der Waals surface area contributed by atoms with E-state index in [1.54, 1.807) is 0 Å². The van der Waals surface area contributed by atoms with Gasteiger partial charge in [0.1, 0.15) is 0 Å². The van der Waals surface area contributed by atoms with Gasteiger partial charge >= 0.3 is 0 Å². The van der Waals surface area contributed by atoms with Gasteiger partial charge in [-0.1, -0.05) is 0 Å². The minimum atomic E-state index is -0.279. The molecule has 1 fully saturated rings. The van der Waals surface area contributed by atoms with E-state index in [2.05, 4.69) is 10.8 Å². The van der Waals surface area contributed by atoms with Crippen LogP contribution in [0, 0.1) is 0 Å². The molecule has 5 nitrogen and oxygen atoms in total. The summed E-state index contributed by atoms with van der Waals surface area (Å²) in [6.45, 7) is 7.44. The Bertz CT molecular complexity index is 220. The number of amides is 1. The van der Waals surface area contributed by atoms with Crippen molar-refractivity contribution in [1.29, 1.82) is 0 Å². The summed E-state index contributed by atoms with van der Waals surface area (Å²) in [7, 11) is 0. The van der Waals surface area contributed by atoms with Gasteiger partial charge in [-0.2, -0.15) is 5.48 Å². The van der Waals surface area contributed by atoms with Crippen molar-refractivity contribution in [3.8, 4) is 0 Å². The van der Waals surface area contributed by atoms with Crippen LogP contribution in [0.3, 0.4) is 0 Å². The molecule has 0 aliphatic carbocycles. The van der Waals surface area contributed by atoms with Crippen LogP contribution >= 0.6 is 0 Å². The van der Waals surface area contributed by atoms with Crippen LogP contribution in [0.5, 0.6) is 0 Å². The number of nitrogens with one attached hydrogen (secondary N) is 2. The lowest BCUT2D eigenvalue weighted by Gasteiger charge is -2.24. The second kappa shape index (κ2) is 6.18. The Balaban J connectivity index is 2.10. The molecule has 5 heteroatoms. The first-order valence-corrected chi connectivity index (χ1v) is 5.75. The third-order valence-corrected chi connectivity index (χ3v) is 2.20. The highest BCUT2D eigenvalue weighted by atomic mass is 16.7. The summed E-state index contributed by atoms with van der Waals surface area (Å²) in [5, 5.41) is 2.94. The topological polar surface area (TPSA) is 59.6 Å². The van der Waals surface area contributed by atoms with Gasteiger partial charge in [0.05, 0.1) is 12.1 Å². The highest BCUT2D eigenvalue weighted by molar-refractivity contribution is 5.78. The first-order chi connectivity index (χ1) is 7.47. The normalized spacial score (nSPS) is 18.4. The van der Waals surface area contributed by atoms with Gasteiger partial charge in [0, 0.05) is 19.3 Å². The summed E-state index contributed by atoms with van der Waals surface area (Å²) in [5.74, 6) is -0.0313. The molecule has 2 N–H and O–H groups in total. The molecule has 0 bridgehead atoms. The van der Waals surface area contributed by atoms with Crippen LogP contribution in [0.4, 0.5) is 0 Å². The lowest BCUT2D eigenvalue weighted by atomic mass is 10.1. The first kappa shape index (κ1) is 13.4. The fraction of sp³-hybridized carbons (Fsp3) is 0.909. The average Bonchev–Trinajstić information content (AvgIpc) is 2.17. The summed E-state index contributed by atoms with van der Waals surface area (Å²) in [6.07, 6.45) is 1.79. The van der Waals surface area contributed by atoms with Crippen LogP contribution in [0.1, 0.15) is 33.6 Å². The molecule has 0 aromatic rings. The third kappa shape index (κ3) is 6.05. The highest BCUT2D eigenvalue weighted by Gasteiger charge is 2.16. The Morgan fingerprint density at radius 3 is 2.56 bits per heavy atom. The van der Waals surface area contributed by atoms with Crippen molar-refractivity contribution in [3.05, 3.63) is 0 Å². The largest absolute Gasteiger partial charge is 0.381 e. The van der Waals surface area contributed by atoms with Gasteiger partial charge in [-0.05, 0) is 33.6 Å². The Kier molecular flexibility index (Phi) is 5.18. The Morgan fingerprint density at radius 2 is 2.00 bits per heavy atom. The Labute approximate surface area is 96.8 Å². The molecule has 1 amide bonds. The standard InChI is InChI=1S/C11H22N2O3/c1-11(2,3)16-12-8-10(14)13-9-4-6-15-7-5-9/h9,12H,4-8H2,1-3H3,(H,13,14). The molecule has 0 atom stereocenters. The fourth-order valence-electron chi connectivity index (χ4n) is 1.44. The molecule has 16 heavy (non-hydrogen) atoms. The molecule has 94 valence electrons. The summed E-state index contributed by atoms with van der Waals surface area (Å²) in [4.78, 5) is 16.8. The van der Waals surface area contributed by atoms with Gasteiger partial charge in [-0.3, -0.25) is 9.63 Å². The maximum absolute atomic E-state index is 11.5. The maximum Gasteiger partial charge on any atom is 0.236 e. The van der Waals surface area contributed by atoms with Crippen LogP contribution in [0.25, 0.3) is 0 Å². The van der Waals surface area contributed by atoms with Crippen molar-refractivity contribution in [3.63, 3.8) is 0 Å². The summed E-state index contributed by atoms with van der Waals surface area (Å²) < 4.78 is 5.22. The number of hydrogen-bond acceptors (Lipinski definition) is 4. The highest BCUT2D eigenvalue weighted by Crippen LogP contribution is 2.06. The molecule has 0 unspecified atom stereocenters. The molecule has 0 saturated carbocycles. The Hall–Kier alpha value is -0.650. The molecule has 0 radical (unpaired) electrons. The SMILES string of the molecule is CC(C)(C)ONCC(=O)NC1CCOCC1. The average molecular weight is 230 g/mol. The van der Waals surface area contributed by atoms with E-state index in [-0.39, 0.29) is 24.1 Å². The molecule has 1 rings (SSSR count). The zero-order valence-corrected chi connectivity index (χ0v) is 10.3. The lowest BCUT2D eigenvalue weighted by molar-refractivity contribution is -0.128. The molecule has 1 heterocycles. The van der Waals surface area contributed by atoms with Crippen LogP contribution in [-0.4, -0.2) is 37.3 Å². The second-order valence-corrected chi connectivity index (χ2v) is 4.99. The predicted molar refractivity (Wildman–Crippen MR) is 60.8 cm³/mol. The van der Waals surface area contributed by atoms with Crippen LogP contribution in [0.15, 0.2) is 0 Å². The Morgan fingerprint density at radius 1 is 1.38 bits per heavy atom. The number of ether oxygens (including phenoxy) is 1. The summed E-state index contributed by atoms with van der Waals surface area (Å²) in [6, 6.07) is 0.248. The van der Waals surface area contributed by atoms with E-state index >= 15 is 0 Å². The van der Waals surface area contributed by atoms with E-state index < -0.39 is 0 Å². The van der Waals surface area contributed by atoms with Gasteiger partial charge in [0.2, 0.25) is 5.91 Å². The molecule has 0 spiro atoms. The minimum Gasteiger partial charge on any atom is -0.381 e. The lowest BCUT2D eigenvalue weighted by Crippen LogP contribution is -2.44. The van der Waals surface area contributed by atoms with E-state index in [1.807, 2.05) is 20.8 Å². The molecule has 1 aliphatic heterocycles. The molecule has 1 saturated heterocycles. The van der Waals surface area contributed by atoms with E-state index in [4.69, 9.17) is 9.57 Å². The molecule has 0 aromatic heterocycles. The number of hydroxylamine groups is 1. The smallest absolute Gasteiger partial charge is 0.236 e. The van der Waals surface area contributed by atoms with Crippen molar-refractivity contribution in [1.82, 2.24) is 10.8 Å². The summed E-state index contributed by atoms with van der Waals surface area (Å²) >= 11 is 0. The molecule has 1 aliphatic rings. The zero-order valence-electron chi connectivity index (χ0n) is 10.3. The molecular formula is C11H22N2O3. The van der Waals surface area contributed by atoms with Gasteiger partial charge < -0.3 is 10.1 Å². The predicted octanol–water partition coefficient (Wildman–Crippen LogP) is 0.601. The quantitative estimate of drug-likeness (QED) is 0.694. The van der Waals surface area contributed by atoms with Crippen molar-refractivity contribution in [2.75, 3.05) is 19.8 Å². The first-order valence-electron chi connectivity index (χ1n) is 5.75. The van der Waals surface area contributed by atoms with Crippen LogP contribution in [-0.2, 0) is 14.4 Å². The number of hydrogen-bond donors (Lipinski definition) is 2. The maximum atomic E-state index is 11.5. The van der Waals surface area contributed by atoms with Gasteiger partial charge in [-0.25, -0.2) is 0 Å². The summed E-state index contributed by atoms with van der Waals surface area (Å²) in [5.41, 5.74) is 2.39. The van der Waals surface area contributed by atoms with Crippen molar-refractivity contribution in [2.45, 2.75) is 45.3 Å². The van der Waals surface area contributed by atoms with E-state index in [0.29, 0.717) is 0 Å². The van der Waals surface area contributed by atoms with Gasteiger partial charge in [0.25, 0.3) is 0 Å². The van der Waals surface area contributed by atoms with Crippen molar-refractivity contribution < 1.29 is 14.4 Å². The van der Waals surface area contributed by atoms with E-state index in [1.165, 1.54) is 0 Å². The van der Waals surface area contributed by atoms with Gasteiger partial charge in [-0.15, -0.1) is 0 Å². The van der Waals surface area contributed by atoms with Crippen LogP contribution in [0.2, 0.25) is 0 Å². The third-order valence-electron chi connectivity index (χ3n) is 2.20. The number of carbonyl (C=O) groups excluding carboxylic acids is 1. The molecule has 0 aromatic carbocycles. The monoisotopic (exact) mass is 230 g/mol. The van der Waals surface area contributed by atoms with Gasteiger partial charge in [0.15, 0.2) is 0 Å². The number of carbonyl (C=O) groups is 1. The van der Waals surface area contributed by atoms with Crippen molar-refractivity contribution in [2.24, 2.45) is 0 Å². The molecular weight excluding hydrogens is 208 g/mol. The second-order valence-electron chi connectivity index (χ2n) is 4.99. The van der Waals surface area contributed by atoms with E-state index in [9.17, 15) is 4.79 Å². The number of rotatable bonds is 4.